The van der Waals surface area contributed by atoms with E-state index in [-0.39, 0.29) is 24.4 Å². The molecular weight excluding hydrogens is 288 g/mol. The minimum atomic E-state index is 0. The zero-order chi connectivity index (χ0) is 14.5. The molecule has 0 bridgehead atoms. The van der Waals surface area contributed by atoms with Crippen LogP contribution in [0.5, 0.6) is 5.75 Å². The van der Waals surface area contributed by atoms with Gasteiger partial charge in [0.05, 0.1) is 6.61 Å². The number of hydrogen-bond acceptors (Lipinski definition) is 3. The summed E-state index contributed by atoms with van der Waals surface area (Å²) in [6.45, 7) is 6.09. The van der Waals surface area contributed by atoms with Crippen molar-refractivity contribution in [2.45, 2.75) is 32.7 Å². The highest BCUT2D eigenvalue weighted by atomic mass is 35.5. The van der Waals surface area contributed by atoms with Gasteiger partial charge in [0, 0.05) is 24.7 Å². The van der Waals surface area contributed by atoms with Crippen LogP contribution < -0.4 is 10.5 Å². The number of rotatable bonds is 4. The van der Waals surface area contributed by atoms with E-state index in [1.54, 1.807) is 0 Å². The molecule has 0 saturated carbocycles. The van der Waals surface area contributed by atoms with E-state index in [4.69, 9.17) is 10.5 Å². The summed E-state index contributed by atoms with van der Waals surface area (Å²) in [5.41, 5.74) is 6.56. The molecule has 2 atom stereocenters. The Morgan fingerprint density at radius 3 is 2.62 bits per heavy atom. The van der Waals surface area contributed by atoms with Crippen molar-refractivity contribution in [3.05, 3.63) is 29.8 Å². The van der Waals surface area contributed by atoms with E-state index in [1.807, 2.05) is 36.1 Å². The fraction of sp³-hybridized carbons (Fsp3) is 0.562. The molecular formula is C16H25ClN2O2. The Balaban J connectivity index is 0.00000220. The second kappa shape index (κ2) is 8.25. The Bertz CT molecular complexity index is 450. The summed E-state index contributed by atoms with van der Waals surface area (Å²) in [4.78, 5) is 14.5. The van der Waals surface area contributed by atoms with Crippen molar-refractivity contribution < 1.29 is 9.53 Å². The van der Waals surface area contributed by atoms with Crippen molar-refractivity contribution in [3.63, 3.8) is 0 Å². The molecule has 1 fully saturated rings. The molecule has 1 heterocycles. The molecule has 2 N–H and O–H groups in total. The first-order valence-electron chi connectivity index (χ1n) is 7.41. The van der Waals surface area contributed by atoms with Gasteiger partial charge in [-0.1, -0.05) is 6.92 Å². The van der Waals surface area contributed by atoms with Crippen molar-refractivity contribution in [2.75, 3.05) is 19.7 Å². The summed E-state index contributed by atoms with van der Waals surface area (Å²) >= 11 is 0. The van der Waals surface area contributed by atoms with Crippen molar-refractivity contribution in [1.82, 2.24) is 4.90 Å². The quantitative estimate of drug-likeness (QED) is 0.930. The van der Waals surface area contributed by atoms with E-state index in [1.165, 1.54) is 0 Å². The number of carbonyl (C=O) groups excluding carboxylic acids is 1. The lowest BCUT2D eigenvalue weighted by atomic mass is 9.90. The van der Waals surface area contributed by atoms with E-state index in [9.17, 15) is 4.79 Å². The summed E-state index contributed by atoms with van der Waals surface area (Å²) in [6, 6.07) is 7.52. The Kier molecular flexibility index (Phi) is 6.99. The SMILES string of the molecule is CCOc1ccc(C(=O)N2CCCC(C)C2CN)cc1.Cl. The van der Waals surface area contributed by atoms with Crippen LogP contribution in [0.4, 0.5) is 0 Å². The molecule has 0 aliphatic carbocycles. The van der Waals surface area contributed by atoms with Crippen LogP contribution in [0.25, 0.3) is 0 Å². The third-order valence-electron chi connectivity index (χ3n) is 4.03. The minimum Gasteiger partial charge on any atom is -0.494 e. The van der Waals surface area contributed by atoms with Gasteiger partial charge in [0.1, 0.15) is 5.75 Å². The average molecular weight is 313 g/mol. The molecule has 21 heavy (non-hydrogen) atoms. The Hall–Kier alpha value is -1.26. The summed E-state index contributed by atoms with van der Waals surface area (Å²) in [7, 11) is 0. The van der Waals surface area contributed by atoms with E-state index in [0.717, 1.165) is 25.1 Å². The van der Waals surface area contributed by atoms with Crippen LogP contribution in [0.2, 0.25) is 0 Å². The van der Waals surface area contributed by atoms with Gasteiger partial charge >= 0.3 is 0 Å². The number of nitrogens with two attached hydrogens (primary N) is 1. The summed E-state index contributed by atoms with van der Waals surface area (Å²) in [6.07, 6.45) is 2.20. The monoisotopic (exact) mass is 312 g/mol. The molecule has 1 amide bonds. The van der Waals surface area contributed by atoms with Gasteiger partial charge in [-0.2, -0.15) is 0 Å². The first-order valence-corrected chi connectivity index (χ1v) is 7.41. The Morgan fingerprint density at radius 1 is 1.38 bits per heavy atom. The fourth-order valence-electron chi connectivity index (χ4n) is 2.89. The van der Waals surface area contributed by atoms with Gasteiger partial charge in [-0.3, -0.25) is 4.79 Å². The lowest BCUT2D eigenvalue weighted by Crippen LogP contribution is -2.51. The molecule has 0 aromatic heterocycles. The van der Waals surface area contributed by atoms with Crippen LogP contribution in [0.3, 0.4) is 0 Å². The molecule has 0 radical (unpaired) electrons. The fourth-order valence-corrected chi connectivity index (χ4v) is 2.89. The number of piperidine rings is 1. The standard InChI is InChI=1S/C16H24N2O2.ClH/c1-3-20-14-8-6-13(7-9-14)16(19)18-10-4-5-12(2)15(18)11-17;/h6-9,12,15H,3-5,10-11,17H2,1-2H3;1H. The van der Waals surface area contributed by atoms with Crippen molar-refractivity contribution >= 4 is 18.3 Å². The van der Waals surface area contributed by atoms with Crippen molar-refractivity contribution in [1.29, 1.82) is 0 Å². The number of nitrogens with zero attached hydrogens (tertiary/aromatic N) is 1. The highest BCUT2D eigenvalue weighted by Crippen LogP contribution is 2.24. The molecule has 5 heteroatoms. The molecule has 4 nitrogen and oxygen atoms in total. The van der Waals surface area contributed by atoms with E-state index in [0.29, 0.717) is 24.6 Å². The van der Waals surface area contributed by atoms with Crippen molar-refractivity contribution in [2.24, 2.45) is 11.7 Å². The number of halogens is 1. The van der Waals surface area contributed by atoms with Gasteiger partial charge < -0.3 is 15.4 Å². The Morgan fingerprint density at radius 2 is 2.05 bits per heavy atom. The number of ether oxygens (including phenoxy) is 1. The second-order valence-electron chi connectivity index (χ2n) is 5.38. The van der Waals surface area contributed by atoms with E-state index < -0.39 is 0 Å². The number of carbonyl (C=O) groups is 1. The molecule has 1 aromatic rings. The lowest BCUT2D eigenvalue weighted by Gasteiger charge is -2.39. The van der Waals surface area contributed by atoms with Gasteiger partial charge in [-0.15, -0.1) is 12.4 Å². The molecule has 118 valence electrons. The third kappa shape index (κ3) is 4.11. The van der Waals surface area contributed by atoms with Crippen LogP contribution in [-0.2, 0) is 0 Å². The zero-order valence-corrected chi connectivity index (χ0v) is 13.6. The predicted molar refractivity (Wildman–Crippen MR) is 87.1 cm³/mol. The lowest BCUT2D eigenvalue weighted by molar-refractivity contribution is 0.0532. The molecule has 1 aromatic carbocycles. The first-order chi connectivity index (χ1) is 9.67. The number of hydrogen-bond donors (Lipinski definition) is 1. The van der Waals surface area contributed by atoms with E-state index >= 15 is 0 Å². The number of amides is 1. The number of benzene rings is 1. The maximum Gasteiger partial charge on any atom is 0.254 e. The zero-order valence-electron chi connectivity index (χ0n) is 12.7. The van der Waals surface area contributed by atoms with Crippen LogP contribution in [-0.4, -0.2) is 36.5 Å². The van der Waals surface area contributed by atoms with Crippen LogP contribution in [0.1, 0.15) is 37.0 Å². The Labute approximate surface area is 133 Å². The molecule has 1 aliphatic heterocycles. The highest BCUT2D eigenvalue weighted by molar-refractivity contribution is 5.94. The van der Waals surface area contributed by atoms with Crippen LogP contribution in [0.15, 0.2) is 24.3 Å². The van der Waals surface area contributed by atoms with Crippen LogP contribution in [0, 0.1) is 5.92 Å². The highest BCUT2D eigenvalue weighted by Gasteiger charge is 2.31. The molecule has 1 saturated heterocycles. The van der Waals surface area contributed by atoms with Gasteiger partial charge in [0.25, 0.3) is 5.91 Å². The topological polar surface area (TPSA) is 55.6 Å². The smallest absolute Gasteiger partial charge is 0.254 e. The minimum absolute atomic E-state index is 0. The predicted octanol–water partition coefficient (Wildman–Crippen LogP) is 2.71. The van der Waals surface area contributed by atoms with E-state index in [2.05, 4.69) is 6.92 Å². The van der Waals surface area contributed by atoms with Crippen LogP contribution >= 0.6 is 12.4 Å². The maximum atomic E-state index is 12.6. The average Bonchev–Trinajstić information content (AvgIpc) is 2.47. The second-order valence-corrected chi connectivity index (χ2v) is 5.38. The van der Waals surface area contributed by atoms with Gasteiger partial charge in [0.2, 0.25) is 0 Å². The van der Waals surface area contributed by atoms with Gasteiger partial charge in [0.15, 0.2) is 0 Å². The molecule has 2 unspecified atom stereocenters. The largest absolute Gasteiger partial charge is 0.494 e. The molecule has 1 aliphatic rings. The summed E-state index contributed by atoms with van der Waals surface area (Å²) < 4.78 is 5.40. The van der Waals surface area contributed by atoms with Gasteiger partial charge in [-0.05, 0) is 49.9 Å². The summed E-state index contributed by atoms with van der Waals surface area (Å²) in [5, 5.41) is 0. The first kappa shape index (κ1) is 17.8. The summed E-state index contributed by atoms with van der Waals surface area (Å²) in [5.74, 6) is 1.35. The van der Waals surface area contributed by atoms with Gasteiger partial charge in [-0.25, -0.2) is 0 Å². The third-order valence-corrected chi connectivity index (χ3v) is 4.03. The maximum absolute atomic E-state index is 12.6. The number of likely N-dealkylation sites (tertiary alicyclic amines) is 1. The normalized spacial score (nSPS) is 21.6. The molecule has 0 spiro atoms. The molecule has 2 rings (SSSR count). The van der Waals surface area contributed by atoms with Crippen molar-refractivity contribution in [3.8, 4) is 5.75 Å².